The first-order valence-corrected chi connectivity index (χ1v) is 14.0. The molecule has 2 aromatic rings. The molecule has 0 radical (unpaired) electrons. The van der Waals surface area contributed by atoms with Crippen LogP contribution in [0, 0.1) is 13.8 Å². The van der Waals surface area contributed by atoms with Crippen molar-refractivity contribution in [3.63, 3.8) is 0 Å². The summed E-state index contributed by atoms with van der Waals surface area (Å²) < 4.78 is 5.37. The van der Waals surface area contributed by atoms with E-state index in [0.29, 0.717) is 34.7 Å². The van der Waals surface area contributed by atoms with E-state index in [9.17, 15) is 24.3 Å². The van der Waals surface area contributed by atoms with Crippen molar-refractivity contribution < 1.29 is 29.0 Å². The van der Waals surface area contributed by atoms with Crippen LogP contribution in [0.1, 0.15) is 75.6 Å². The van der Waals surface area contributed by atoms with Crippen molar-refractivity contribution in [2.24, 2.45) is 5.73 Å². The number of hydrogen-bond acceptors (Lipinski definition) is 6. The monoisotopic (exact) mass is 586 g/mol. The van der Waals surface area contributed by atoms with Gasteiger partial charge in [0.15, 0.2) is 0 Å². The van der Waals surface area contributed by atoms with Gasteiger partial charge in [0.25, 0.3) is 5.91 Å². The number of carbonyl (C=O) groups excluding carboxylic acids is 4. The molecule has 10 nitrogen and oxygen atoms in total. The van der Waals surface area contributed by atoms with Crippen LogP contribution in [0.4, 0.5) is 10.5 Å². The van der Waals surface area contributed by atoms with E-state index in [4.69, 9.17) is 22.1 Å². The van der Waals surface area contributed by atoms with Crippen molar-refractivity contribution in [3.05, 3.63) is 58.1 Å². The lowest BCUT2D eigenvalue weighted by Crippen LogP contribution is -2.57. The summed E-state index contributed by atoms with van der Waals surface area (Å²) in [5, 5.41) is 16.0. The molecule has 0 saturated heterocycles. The molecule has 1 saturated carbocycles. The highest BCUT2D eigenvalue weighted by atomic mass is 35.5. The van der Waals surface area contributed by atoms with Gasteiger partial charge >= 0.3 is 6.09 Å². The van der Waals surface area contributed by atoms with Crippen LogP contribution in [0.2, 0.25) is 5.02 Å². The largest absolute Gasteiger partial charge is 0.508 e. The van der Waals surface area contributed by atoms with E-state index in [1.54, 1.807) is 65.0 Å². The molecule has 222 valence electrons. The highest BCUT2D eigenvalue weighted by molar-refractivity contribution is 6.34. The number of nitrogens with two attached hydrogens (primary N) is 1. The molecule has 0 aliphatic heterocycles. The van der Waals surface area contributed by atoms with Crippen molar-refractivity contribution in [1.82, 2.24) is 10.2 Å². The Kier molecular flexibility index (Phi) is 10.3. The molecule has 1 fully saturated rings. The van der Waals surface area contributed by atoms with Crippen molar-refractivity contribution in [3.8, 4) is 5.75 Å². The van der Waals surface area contributed by atoms with Gasteiger partial charge in [-0.25, -0.2) is 4.79 Å². The predicted octanol–water partition coefficient (Wildman–Crippen LogP) is 4.88. The van der Waals surface area contributed by atoms with Gasteiger partial charge in [0.05, 0.1) is 10.7 Å². The minimum atomic E-state index is -1.19. The molecule has 2 atom stereocenters. The average Bonchev–Trinajstić information content (AvgIpc) is 2.83. The van der Waals surface area contributed by atoms with Gasteiger partial charge in [-0.05, 0) is 95.2 Å². The maximum absolute atomic E-state index is 14.3. The van der Waals surface area contributed by atoms with E-state index in [0.717, 1.165) is 12.0 Å². The predicted molar refractivity (Wildman–Crippen MR) is 156 cm³/mol. The number of anilines is 1. The lowest BCUT2D eigenvalue weighted by molar-refractivity contribution is -0.146. The molecule has 1 aliphatic rings. The molecule has 0 bridgehead atoms. The number of benzene rings is 2. The van der Waals surface area contributed by atoms with Crippen molar-refractivity contribution in [2.45, 2.75) is 90.4 Å². The van der Waals surface area contributed by atoms with Gasteiger partial charge in [0.1, 0.15) is 23.4 Å². The van der Waals surface area contributed by atoms with E-state index in [-0.39, 0.29) is 24.6 Å². The molecule has 2 unspecified atom stereocenters. The molecule has 0 heterocycles. The Morgan fingerprint density at radius 1 is 1.12 bits per heavy atom. The summed E-state index contributed by atoms with van der Waals surface area (Å²) in [4.78, 5) is 54.2. The number of amides is 4. The maximum atomic E-state index is 14.3. The van der Waals surface area contributed by atoms with E-state index in [1.165, 1.54) is 11.0 Å². The molecular formula is C30H39ClN4O6. The van der Waals surface area contributed by atoms with Gasteiger partial charge in [-0.3, -0.25) is 14.4 Å². The molecule has 41 heavy (non-hydrogen) atoms. The third kappa shape index (κ3) is 8.36. The number of nitrogens with zero attached hydrogens (tertiary/aromatic N) is 1. The smallest absolute Gasteiger partial charge is 0.408 e. The summed E-state index contributed by atoms with van der Waals surface area (Å²) in [6.45, 7) is 8.58. The molecule has 0 spiro atoms. The van der Waals surface area contributed by atoms with Crippen molar-refractivity contribution in [2.75, 3.05) is 5.32 Å². The minimum absolute atomic E-state index is 0.0438. The standard InChI is InChI=1S/C30H39ClN4O6/c1-17-8-6-11-21(31)25(17)34-27(38)26(19-12-14-23(36)18(2)16-19)35(20-9-7-10-20)28(39)22(13-15-24(32)37)33-29(40)41-30(3,4)5/h6,8,11-12,14,16,20,22,26,36H,7,9-10,13,15H2,1-5H3,(H2,32,37)(H,33,40)(H,34,38). The normalized spacial score (nSPS) is 14.8. The fraction of sp³-hybridized carbons (Fsp3) is 0.467. The van der Waals surface area contributed by atoms with Crippen molar-refractivity contribution >= 4 is 41.1 Å². The maximum Gasteiger partial charge on any atom is 0.408 e. The van der Waals surface area contributed by atoms with Crippen LogP contribution >= 0.6 is 11.6 Å². The number of hydrogen-bond donors (Lipinski definition) is 4. The highest BCUT2D eigenvalue weighted by Gasteiger charge is 2.42. The summed E-state index contributed by atoms with van der Waals surface area (Å²) in [7, 11) is 0. The lowest BCUT2D eigenvalue weighted by atomic mass is 9.87. The molecule has 5 N–H and O–H groups in total. The number of nitrogens with one attached hydrogen (secondary N) is 2. The number of carbonyl (C=O) groups is 4. The Morgan fingerprint density at radius 2 is 1.80 bits per heavy atom. The zero-order valence-electron chi connectivity index (χ0n) is 24.1. The Labute approximate surface area is 245 Å². The second-order valence-electron chi connectivity index (χ2n) is 11.4. The van der Waals surface area contributed by atoms with Gasteiger partial charge in [0, 0.05) is 12.5 Å². The van der Waals surface area contributed by atoms with Crippen molar-refractivity contribution in [1.29, 1.82) is 0 Å². The van der Waals surface area contributed by atoms with E-state index in [2.05, 4.69) is 10.6 Å². The molecule has 2 aromatic carbocycles. The van der Waals surface area contributed by atoms with E-state index in [1.807, 2.05) is 0 Å². The average molecular weight is 587 g/mol. The topological polar surface area (TPSA) is 151 Å². The number of para-hydroxylation sites is 1. The first-order valence-electron chi connectivity index (χ1n) is 13.6. The van der Waals surface area contributed by atoms with Crippen LogP contribution < -0.4 is 16.4 Å². The fourth-order valence-electron chi connectivity index (χ4n) is 4.63. The molecule has 3 rings (SSSR count). The Balaban J connectivity index is 2.08. The third-order valence-electron chi connectivity index (χ3n) is 6.92. The molecule has 4 amide bonds. The van der Waals surface area contributed by atoms with Crippen LogP contribution in [0.15, 0.2) is 36.4 Å². The number of rotatable bonds is 10. The van der Waals surface area contributed by atoms with Crippen LogP contribution in [0.25, 0.3) is 0 Å². The van der Waals surface area contributed by atoms with Gasteiger partial charge in [0.2, 0.25) is 11.8 Å². The summed E-state index contributed by atoms with van der Waals surface area (Å²) in [6, 6.07) is 7.30. The van der Waals surface area contributed by atoms with Crippen LogP contribution in [-0.2, 0) is 19.1 Å². The Bertz CT molecular complexity index is 1280. The van der Waals surface area contributed by atoms with Gasteiger partial charge < -0.3 is 31.1 Å². The lowest BCUT2D eigenvalue weighted by Gasteiger charge is -2.43. The number of aryl methyl sites for hydroxylation is 2. The minimum Gasteiger partial charge on any atom is -0.508 e. The van der Waals surface area contributed by atoms with E-state index < -0.39 is 41.5 Å². The second kappa shape index (κ2) is 13.2. The van der Waals surface area contributed by atoms with Gasteiger partial charge in [-0.1, -0.05) is 29.8 Å². The van der Waals surface area contributed by atoms with Crippen LogP contribution in [0.3, 0.4) is 0 Å². The molecule has 0 aromatic heterocycles. The third-order valence-corrected chi connectivity index (χ3v) is 7.24. The SMILES string of the molecule is Cc1cc(C(C(=O)Nc2c(C)cccc2Cl)N(C(=O)C(CCC(N)=O)NC(=O)OC(C)(C)C)C2CCC2)ccc1O. The quantitative estimate of drug-likeness (QED) is 0.311. The number of phenolic OH excluding ortho intramolecular Hbond substituents is 1. The van der Waals surface area contributed by atoms with Crippen LogP contribution in [0.5, 0.6) is 5.75 Å². The number of phenols is 1. The highest BCUT2D eigenvalue weighted by Crippen LogP contribution is 2.36. The number of primary amides is 1. The zero-order chi connectivity index (χ0) is 30.5. The number of aromatic hydroxyl groups is 1. The number of ether oxygens (including phenoxy) is 1. The summed E-state index contributed by atoms with van der Waals surface area (Å²) >= 11 is 6.41. The van der Waals surface area contributed by atoms with Gasteiger partial charge in [-0.15, -0.1) is 0 Å². The fourth-order valence-corrected chi connectivity index (χ4v) is 4.89. The first-order chi connectivity index (χ1) is 19.2. The second-order valence-corrected chi connectivity index (χ2v) is 11.8. The number of halogens is 1. The Morgan fingerprint density at radius 3 is 2.34 bits per heavy atom. The molecular weight excluding hydrogens is 548 g/mol. The van der Waals surface area contributed by atoms with Gasteiger partial charge in [-0.2, -0.15) is 0 Å². The summed E-state index contributed by atoms with van der Waals surface area (Å²) in [6.07, 6.45) is 1.07. The summed E-state index contributed by atoms with van der Waals surface area (Å²) in [5.74, 6) is -1.66. The molecule has 11 heteroatoms. The van der Waals surface area contributed by atoms with E-state index >= 15 is 0 Å². The van der Waals surface area contributed by atoms with Crippen LogP contribution in [-0.4, -0.2) is 51.5 Å². The summed E-state index contributed by atoms with van der Waals surface area (Å²) in [5.41, 5.74) is 6.69. The molecule has 1 aliphatic carbocycles. The Hall–Kier alpha value is -3.79. The number of alkyl carbamates (subject to hydrolysis) is 1. The first kappa shape index (κ1) is 31.7. The zero-order valence-corrected chi connectivity index (χ0v) is 24.9.